The summed E-state index contributed by atoms with van der Waals surface area (Å²) in [5.41, 5.74) is 2.25. The molecule has 0 heterocycles. The van der Waals surface area contributed by atoms with Crippen LogP contribution in [0, 0.1) is 11.3 Å². The number of aromatic hydroxyl groups is 1. The fourth-order valence-electron chi connectivity index (χ4n) is 1.65. The lowest BCUT2D eigenvalue weighted by Crippen LogP contribution is -2.00. The molecular weight excluding hydrogens is 407 g/mol. The minimum atomic E-state index is 0.171. The normalized spacial score (nSPS) is 10.1. The summed E-state index contributed by atoms with van der Waals surface area (Å²) >= 11 is 12.7. The van der Waals surface area contributed by atoms with Crippen molar-refractivity contribution in [3.05, 3.63) is 55.4 Å². The SMILES string of the molecule is N#Cc1ccc(NCc2cc(Br)c(O)c(Br)c2)c(Cl)c1. The van der Waals surface area contributed by atoms with Gasteiger partial charge >= 0.3 is 0 Å². The van der Waals surface area contributed by atoms with E-state index in [9.17, 15) is 5.11 Å². The van der Waals surface area contributed by atoms with Gasteiger partial charge in [-0.05, 0) is 67.8 Å². The Morgan fingerprint density at radius 2 is 1.85 bits per heavy atom. The number of benzene rings is 2. The first-order chi connectivity index (χ1) is 9.51. The van der Waals surface area contributed by atoms with Gasteiger partial charge in [-0.2, -0.15) is 5.26 Å². The van der Waals surface area contributed by atoms with Gasteiger partial charge in [-0.1, -0.05) is 11.6 Å². The summed E-state index contributed by atoms with van der Waals surface area (Å²) < 4.78 is 1.24. The van der Waals surface area contributed by atoms with Gasteiger partial charge < -0.3 is 10.4 Å². The molecule has 0 saturated carbocycles. The van der Waals surface area contributed by atoms with Crippen LogP contribution >= 0.6 is 43.5 Å². The van der Waals surface area contributed by atoms with E-state index < -0.39 is 0 Å². The second-order valence-corrected chi connectivity index (χ2v) is 6.18. The Labute approximate surface area is 138 Å². The fourth-order valence-corrected chi connectivity index (χ4v) is 3.17. The zero-order valence-corrected chi connectivity index (χ0v) is 14.1. The third-order valence-electron chi connectivity index (χ3n) is 2.66. The lowest BCUT2D eigenvalue weighted by atomic mass is 10.2. The molecule has 0 unspecified atom stereocenters. The third kappa shape index (κ3) is 3.45. The van der Waals surface area contributed by atoms with E-state index in [0.29, 0.717) is 26.1 Å². The van der Waals surface area contributed by atoms with Crippen molar-refractivity contribution in [2.24, 2.45) is 0 Å². The summed E-state index contributed by atoms with van der Waals surface area (Å²) in [4.78, 5) is 0. The summed E-state index contributed by atoms with van der Waals surface area (Å²) in [6.45, 7) is 0.545. The van der Waals surface area contributed by atoms with E-state index in [1.54, 1.807) is 18.2 Å². The number of halogens is 3. The van der Waals surface area contributed by atoms with Crippen LogP contribution in [0.2, 0.25) is 5.02 Å². The maximum atomic E-state index is 9.65. The Morgan fingerprint density at radius 1 is 1.20 bits per heavy atom. The highest BCUT2D eigenvalue weighted by atomic mass is 79.9. The van der Waals surface area contributed by atoms with E-state index in [4.69, 9.17) is 16.9 Å². The zero-order valence-electron chi connectivity index (χ0n) is 10.1. The number of hydrogen-bond donors (Lipinski definition) is 2. The van der Waals surface area contributed by atoms with Crippen LogP contribution in [0.4, 0.5) is 5.69 Å². The molecule has 0 aliphatic carbocycles. The highest BCUT2D eigenvalue weighted by Crippen LogP contribution is 2.33. The third-order valence-corrected chi connectivity index (χ3v) is 4.18. The van der Waals surface area contributed by atoms with Gasteiger partial charge in [0.1, 0.15) is 5.75 Å². The van der Waals surface area contributed by atoms with Gasteiger partial charge in [0.25, 0.3) is 0 Å². The Hall–Kier alpha value is -1.22. The molecule has 3 nitrogen and oxygen atoms in total. The zero-order chi connectivity index (χ0) is 14.7. The number of rotatable bonds is 3. The van der Waals surface area contributed by atoms with Crippen LogP contribution < -0.4 is 5.32 Å². The molecule has 0 aromatic heterocycles. The molecule has 2 aromatic rings. The Morgan fingerprint density at radius 3 is 2.40 bits per heavy atom. The smallest absolute Gasteiger partial charge is 0.143 e. The molecule has 0 atom stereocenters. The highest BCUT2D eigenvalue weighted by molar-refractivity contribution is 9.11. The van der Waals surface area contributed by atoms with E-state index >= 15 is 0 Å². The molecule has 0 fully saturated rings. The largest absolute Gasteiger partial charge is 0.506 e. The van der Waals surface area contributed by atoms with Gasteiger partial charge in [-0.3, -0.25) is 0 Å². The number of phenolic OH excluding ortho intramolecular Hbond substituents is 1. The van der Waals surface area contributed by atoms with E-state index in [2.05, 4.69) is 37.2 Å². The molecule has 0 aliphatic rings. The predicted octanol–water partition coefficient (Wildman–Crippen LogP) is 5.05. The number of nitrogens with zero attached hydrogens (tertiary/aromatic N) is 1. The highest BCUT2D eigenvalue weighted by Gasteiger charge is 2.07. The van der Waals surface area contributed by atoms with Crippen LogP contribution in [-0.2, 0) is 6.54 Å². The molecule has 2 aromatic carbocycles. The summed E-state index contributed by atoms with van der Waals surface area (Å²) in [5, 5.41) is 22.1. The Bertz CT molecular complexity index is 675. The van der Waals surface area contributed by atoms with Crippen molar-refractivity contribution in [3.63, 3.8) is 0 Å². The van der Waals surface area contributed by atoms with E-state index in [0.717, 1.165) is 11.3 Å². The van der Waals surface area contributed by atoms with Crippen LogP contribution in [-0.4, -0.2) is 5.11 Å². The maximum absolute atomic E-state index is 9.65. The summed E-state index contributed by atoms with van der Waals surface area (Å²) in [6.07, 6.45) is 0. The summed E-state index contributed by atoms with van der Waals surface area (Å²) in [5.74, 6) is 0.171. The number of hydrogen-bond acceptors (Lipinski definition) is 3. The second kappa shape index (κ2) is 6.49. The quantitative estimate of drug-likeness (QED) is 0.736. The number of phenols is 1. The first-order valence-electron chi connectivity index (χ1n) is 5.61. The molecule has 20 heavy (non-hydrogen) atoms. The molecule has 6 heteroatoms. The summed E-state index contributed by atoms with van der Waals surface area (Å²) in [7, 11) is 0. The average Bonchev–Trinajstić information content (AvgIpc) is 2.43. The van der Waals surface area contributed by atoms with Crippen LogP contribution in [0.1, 0.15) is 11.1 Å². The monoisotopic (exact) mass is 414 g/mol. The topological polar surface area (TPSA) is 56.0 Å². The van der Waals surface area contributed by atoms with Gasteiger partial charge in [0, 0.05) is 6.54 Å². The number of anilines is 1. The molecule has 102 valence electrons. The molecule has 0 spiro atoms. The van der Waals surface area contributed by atoms with E-state index in [1.807, 2.05) is 18.2 Å². The van der Waals surface area contributed by atoms with Gasteiger partial charge in [-0.15, -0.1) is 0 Å². The van der Waals surface area contributed by atoms with E-state index in [-0.39, 0.29) is 5.75 Å². The van der Waals surface area contributed by atoms with E-state index in [1.165, 1.54) is 0 Å². The standard InChI is InChI=1S/C14H9Br2ClN2O/c15-10-3-9(4-11(16)14(10)20)7-19-13-2-1-8(6-18)5-12(13)17/h1-5,19-20H,7H2. The molecular formula is C14H9Br2ClN2O. The van der Waals surface area contributed by atoms with Gasteiger partial charge in [0.15, 0.2) is 0 Å². The van der Waals surface area contributed by atoms with Crippen molar-refractivity contribution >= 4 is 49.1 Å². The van der Waals surface area contributed by atoms with Crippen LogP contribution in [0.5, 0.6) is 5.75 Å². The van der Waals surface area contributed by atoms with Crippen molar-refractivity contribution in [2.75, 3.05) is 5.32 Å². The van der Waals surface area contributed by atoms with Gasteiger partial charge in [0.05, 0.1) is 31.3 Å². The van der Waals surface area contributed by atoms with Crippen LogP contribution in [0.25, 0.3) is 0 Å². The number of nitrogens with one attached hydrogen (secondary N) is 1. The first kappa shape index (κ1) is 15.2. The molecule has 0 saturated heterocycles. The Kier molecular flexibility index (Phi) is 4.92. The minimum Gasteiger partial charge on any atom is -0.506 e. The Balaban J connectivity index is 2.15. The first-order valence-corrected chi connectivity index (χ1v) is 7.58. The molecule has 0 aliphatic heterocycles. The molecule has 0 amide bonds. The van der Waals surface area contributed by atoms with Gasteiger partial charge in [0.2, 0.25) is 0 Å². The lowest BCUT2D eigenvalue weighted by Gasteiger charge is -2.10. The van der Waals surface area contributed by atoms with Gasteiger partial charge in [-0.25, -0.2) is 0 Å². The molecule has 2 rings (SSSR count). The van der Waals surface area contributed by atoms with Crippen molar-refractivity contribution < 1.29 is 5.11 Å². The van der Waals surface area contributed by atoms with Crippen molar-refractivity contribution in [1.82, 2.24) is 0 Å². The molecule has 0 bridgehead atoms. The second-order valence-electron chi connectivity index (χ2n) is 4.07. The van der Waals surface area contributed by atoms with Crippen molar-refractivity contribution in [2.45, 2.75) is 6.54 Å². The maximum Gasteiger partial charge on any atom is 0.143 e. The molecule has 0 radical (unpaired) electrons. The van der Waals surface area contributed by atoms with Crippen LogP contribution in [0.15, 0.2) is 39.3 Å². The molecule has 2 N–H and O–H groups in total. The van der Waals surface area contributed by atoms with Crippen LogP contribution in [0.3, 0.4) is 0 Å². The number of nitriles is 1. The van der Waals surface area contributed by atoms with Crippen molar-refractivity contribution in [1.29, 1.82) is 5.26 Å². The predicted molar refractivity (Wildman–Crippen MR) is 87.0 cm³/mol. The average molecular weight is 416 g/mol. The fraction of sp³-hybridized carbons (Fsp3) is 0.0714. The lowest BCUT2D eigenvalue weighted by molar-refractivity contribution is 0.468. The summed E-state index contributed by atoms with van der Waals surface area (Å²) in [6, 6.07) is 10.8. The van der Waals surface area contributed by atoms with Crippen molar-refractivity contribution in [3.8, 4) is 11.8 Å². The minimum absolute atomic E-state index is 0.171.